The van der Waals surface area contributed by atoms with E-state index >= 15 is 0 Å². The SMILES string of the molecule is O=C(N1CN(C(=O)C23CC4CC(CC(C4)C2)C3)C1)C12CC3CC(CC(C3)C1)C2. The second-order valence-electron chi connectivity index (χ2n) is 12.4. The van der Waals surface area contributed by atoms with E-state index in [0.717, 1.165) is 74.0 Å². The summed E-state index contributed by atoms with van der Waals surface area (Å²) in [5.74, 6) is 5.65. The fourth-order valence-corrected chi connectivity index (χ4v) is 10.0. The number of hydrogen-bond acceptors (Lipinski definition) is 2. The Labute approximate surface area is 168 Å². The van der Waals surface area contributed by atoms with Gasteiger partial charge in [-0.3, -0.25) is 9.59 Å². The van der Waals surface area contributed by atoms with Gasteiger partial charge in [-0.1, -0.05) is 0 Å². The number of rotatable bonds is 2. The van der Waals surface area contributed by atoms with Gasteiger partial charge < -0.3 is 9.80 Å². The minimum absolute atomic E-state index is 0.0510. The molecule has 0 atom stereocenters. The van der Waals surface area contributed by atoms with Crippen molar-refractivity contribution in [2.45, 2.75) is 77.0 Å². The number of carbonyl (C=O) groups is 2. The van der Waals surface area contributed by atoms with Crippen molar-refractivity contribution in [3.05, 3.63) is 0 Å². The van der Waals surface area contributed by atoms with Gasteiger partial charge in [0.1, 0.15) is 0 Å². The average Bonchev–Trinajstić information content (AvgIpc) is 2.58. The summed E-state index contributed by atoms with van der Waals surface area (Å²) >= 11 is 0. The van der Waals surface area contributed by atoms with E-state index in [-0.39, 0.29) is 10.8 Å². The third-order valence-electron chi connectivity index (χ3n) is 10.2. The van der Waals surface area contributed by atoms with Crippen LogP contribution in [0.2, 0.25) is 0 Å². The highest BCUT2D eigenvalue weighted by Gasteiger charge is 2.59. The summed E-state index contributed by atoms with van der Waals surface area (Å²) in [6, 6.07) is 0. The van der Waals surface area contributed by atoms with E-state index in [2.05, 4.69) is 0 Å². The predicted octanol–water partition coefficient (Wildman–Crippen LogP) is 4.01. The molecule has 9 fully saturated rings. The van der Waals surface area contributed by atoms with Gasteiger partial charge in [0.05, 0.1) is 24.2 Å². The number of hydrogen-bond donors (Lipinski definition) is 0. The van der Waals surface area contributed by atoms with Gasteiger partial charge in [-0.25, -0.2) is 0 Å². The van der Waals surface area contributed by atoms with Gasteiger partial charge in [0.25, 0.3) is 0 Å². The summed E-state index contributed by atoms with van der Waals surface area (Å²) in [5.41, 5.74) is -0.102. The summed E-state index contributed by atoms with van der Waals surface area (Å²) < 4.78 is 0. The molecule has 28 heavy (non-hydrogen) atoms. The average molecular weight is 383 g/mol. The van der Waals surface area contributed by atoms with E-state index in [0.29, 0.717) is 25.2 Å². The minimum Gasteiger partial charge on any atom is -0.306 e. The molecule has 4 nitrogen and oxygen atoms in total. The largest absolute Gasteiger partial charge is 0.306 e. The van der Waals surface area contributed by atoms with Crippen molar-refractivity contribution < 1.29 is 9.59 Å². The summed E-state index contributed by atoms with van der Waals surface area (Å²) in [7, 11) is 0. The maximum Gasteiger partial charge on any atom is 0.231 e. The number of nitrogens with zero attached hydrogens (tertiary/aromatic N) is 2. The Morgan fingerprint density at radius 3 is 1.00 bits per heavy atom. The molecule has 152 valence electrons. The Morgan fingerprint density at radius 2 is 0.750 bits per heavy atom. The Kier molecular flexibility index (Phi) is 3.19. The van der Waals surface area contributed by atoms with Gasteiger partial charge in [0.15, 0.2) is 0 Å². The van der Waals surface area contributed by atoms with Crippen molar-refractivity contribution >= 4 is 11.8 Å². The van der Waals surface area contributed by atoms with Crippen LogP contribution in [0.15, 0.2) is 0 Å². The Hall–Kier alpha value is -1.06. The van der Waals surface area contributed by atoms with E-state index in [1.165, 1.54) is 38.5 Å². The van der Waals surface area contributed by atoms with Gasteiger partial charge in [-0.2, -0.15) is 0 Å². The van der Waals surface area contributed by atoms with Crippen LogP contribution in [0.4, 0.5) is 0 Å². The predicted molar refractivity (Wildman–Crippen MR) is 105 cm³/mol. The van der Waals surface area contributed by atoms with E-state index < -0.39 is 0 Å². The van der Waals surface area contributed by atoms with Gasteiger partial charge in [0.2, 0.25) is 11.8 Å². The van der Waals surface area contributed by atoms with E-state index in [1.54, 1.807) is 0 Å². The fraction of sp³-hybridized carbons (Fsp3) is 0.917. The molecule has 9 aliphatic rings. The summed E-state index contributed by atoms with van der Waals surface area (Å²) in [5, 5.41) is 0. The highest BCUT2D eigenvalue weighted by Crippen LogP contribution is 2.62. The maximum atomic E-state index is 13.5. The van der Waals surface area contributed by atoms with Crippen LogP contribution in [0, 0.1) is 46.3 Å². The Balaban J connectivity index is 1.05. The molecule has 1 heterocycles. The van der Waals surface area contributed by atoms with Crippen LogP contribution < -0.4 is 0 Å². The number of carbonyl (C=O) groups excluding carboxylic acids is 2. The standard InChI is InChI=1S/C24H34N2O2/c27-21(23-7-15-1-16(8-23)3-17(2-15)9-23)25-13-26(14-25)22(28)24-10-18-4-19(11-24)6-20(5-18)12-24/h15-20H,1-14H2. The second kappa shape index (κ2) is 5.35. The Bertz CT molecular complexity index is 606. The molecular formula is C24H34N2O2. The summed E-state index contributed by atoms with van der Waals surface area (Å²) in [4.78, 5) is 31.0. The third kappa shape index (κ3) is 2.18. The highest BCUT2D eigenvalue weighted by molar-refractivity contribution is 5.88. The lowest BCUT2D eigenvalue weighted by Crippen LogP contribution is -2.67. The van der Waals surface area contributed by atoms with Crippen LogP contribution in [-0.2, 0) is 9.59 Å². The van der Waals surface area contributed by atoms with E-state index in [9.17, 15) is 9.59 Å². The minimum atomic E-state index is -0.0510. The van der Waals surface area contributed by atoms with Crippen LogP contribution in [0.3, 0.4) is 0 Å². The molecule has 0 radical (unpaired) electrons. The zero-order valence-electron chi connectivity index (χ0n) is 17.1. The molecule has 2 amide bonds. The van der Waals surface area contributed by atoms with E-state index in [4.69, 9.17) is 0 Å². The van der Waals surface area contributed by atoms with Crippen LogP contribution in [-0.4, -0.2) is 35.0 Å². The highest BCUT2D eigenvalue weighted by atomic mass is 16.2. The topological polar surface area (TPSA) is 40.6 Å². The van der Waals surface area contributed by atoms with Crippen LogP contribution >= 0.6 is 0 Å². The monoisotopic (exact) mass is 382 g/mol. The Morgan fingerprint density at radius 1 is 0.500 bits per heavy atom. The van der Waals surface area contributed by atoms with Crippen molar-refractivity contribution in [3.8, 4) is 0 Å². The summed E-state index contributed by atoms with van der Waals surface area (Å²) in [6.45, 7) is 1.17. The lowest BCUT2D eigenvalue weighted by Gasteiger charge is -2.60. The molecule has 0 aromatic rings. The first kappa shape index (κ1) is 16.7. The molecule has 0 spiro atoms. The first-order valence-electron chi connectivity index (χ1n) is 12.1. The van der Waals surface area contributed by atoms with Crippen molar-refractivity contribution in [2.75, 3.05) is 13.3 Å². The molecule has 9 rings (SSSR count). The fourth-order valence-electron chi connectivity index (χ4n) is 10.0. The van der Waals surface area contributed by atoms with Crippen molar-refractivity contribution in [2.24, 2.45) is 46.3 Å². The lowest BCUT2D eigenvalue weighted by molar-refractivity contribution is -0.187. The van der Waals surface area contributed by atoms with Crippen molar-refractivity contribution in [1.82, 2.24) is 9.80 Å². The van der Waals surface area contributed by atoms with Gasteiger partial charge in [-0.15, -0.1) is 0 Å². The van der Waals surface area contributed by atoms with E-state index in [1.807, 2.05) is 9.80 Å². The van der Waals surface area contributed by atoms with Gasteiger partial charge >= 0.3 is 0 Å². The maximum absolute atomic E-state index is 13.5. The number of amides is 2. The molecule has 4 heteroatoms. The van der Waals surface area contributed by atoms with Crippen molar-refractivity contribution in [1.29, 1.82) is 0 Å². The molecule has 8 aliphatic carbocycles. The molecule has 0 unspecified atom stereocenters. The van der Waals surface area contributed by atoms with Gasteiger partial charge in [-0.05, 0) is 113 Å². The first-order chi connectivity index (χ1) is 13.5. The summed E-state index contributed by atoms with van der Waals surface area (Å²) in [6.07, 6.45) is 15.1. The van der Waals surface area contributed by atoms with Gasteiger partial charge in [0, 0.05) is 0 Å². The molecule has 0 aromatic heterocycles. The molecule has 0 aromatic carbocycles. The van der Waals surface area contributed by atoms with Crippen molar-refractivity contribution in [3.63, 3.8) is 0 Å². The second-order valence-corrected chi connectivity index (χ2v) is 12.4. The smallest absolute Gasteiger partial charge is 0.231 e. The molecule has 0 N–H and O–H groups in total. The first-order valence-corrected chi connectivity index (χ1v) is 12.1. The zero-order chi connectivity index (χ0) is 18.7. The molecular weight excluding hydrogens is 348 g/mol. The molecule has 8 bridgehead atoms. The lowest BCUT2D eigenvalue weighted by atomic mass is 9.49. The zero-order valence-corrected chi connectivity index (χ0v) is 17.1. The normalized spacial score (nSPS) is 52.9. The van der Waals surface area contributed by atoms with Crippen LogP contribution in [0.25, 0.3) is 0 Å². The molecule has 8 saturated carbocycles. The van der Waals surface area contributed by atoms with Crippen LogP contribution in [0.5, 0.6) is 0 Å². The molecule has 1 saturated heterocycles. The quantitative estimate of drug-likeness (QED) is 0.724. The van der Waals surface area contributed by atoms with Crippen LogP contribution in [0.1, 0.15) is 77.0 Å². The third-order valence-corrected chi connectivity index (χ3v) is 10.2. The molecule has 1 aliphatic heterocycles.